The molecule has 1 heterocycles. The molecule has 0 radical (unpaired) electrons. The van der Waals surface area contributed by atoms with Crippen LogP contribution in [0.2, 0.25) is 5.02 Å². The number of halogens is 1. The molecule has 1 aliphatic carbocycles. The highest BCUT2D eigenvalue weighted by atomic mass is 35.5. The van der Waals surface area contributed by atoms with Crippen LogP contribution in [0.1, 0.15) is 30.9 Å². The van der Waals surface area contributed by atoms with Gasteiger partial charge in [-0.1, -0.05) is 31.5 Å². The van der Waals surface area contributed by atoms with Crippen LogP contribution < -0.4 is 5.32 Å². The van der Waals surface area contributed by atoms with Crippen molar-refractivity contribution in [1.82, 2.24) is 15.3 Å². The van der Waals surface area contributed by atoms with Crippen molar-refractivity contribution < 1.29 is 0 Å². The molecule has 100 valence electrons. The first-order valence-electron chi connectivity index (χ1n) is 6.70. The van der Waals surface area contributed by atoms with Crippen LogP contribution in [-0.2, 0) is 13.0 Å². The monoisotopic (exact) mass is 275 g/mol. The minimum absolute atomic E-state index is 0.657. The molecule has 1 aliphatic rings. The van der Waals surface area contributed by atoms with Crippen LogP contribution in [0.4, 0.5) is 0 Å². The second-order valence-corrected chi connectivity index (χ2v) is 5.95. The molecule has 0 aliphatic heterocycles. The van der Waals surface area contributed by atoms with Gasteiger partial charge in [-0.3, -0.25) is 0 Å². The molecule has 1 aromatic heterocycles. The van der Waals surface area contributed by atoms with Crippen molar-refractivity contribution >= 4 is 11.6 Å². The normalized spacial score (nSPS) is 12.8. The van der Waals surface area contributed by atoms with Gasteiger partial charge in [0, 0.05) is 22.7 Å². The third-order valence-electron chi connectivity index (χ3n) is 3.36. The average molecular weight is 276 g/mol. The number of aromatic nitrogens is 2. The Morgan fingerprint density at radius 2 is 2.26 bits per heavy atom. The Bertz CT molecular complexity index is 601. The van der Waals surface area contributed by atoms with E-state index >= 15 is 0 Å². The zero-order valence-electron chi connectivity index (χ0n) is 11.3. The van der Waals surface area contributed by atoms with Gasteiger partial charge in [0.1, 0.15) is 5.82 Å². The molecule has 2 aromatic rings. The maximum absolute atomic E-state index is 6.02. The van der Waals surface area contributed by atoms with Crippen LogP contribution in [0.25, 0.3) is 11.3 Å². The summed E-state index contributed by atoms with van der Waals surface area (Å²) in [5.74, 6) is 1.68. The van der Waals surface area contributed by atoms with E-state index in [0.717, 1.165) is 36.1 Å². The fourth-order valence-corrected chi connectivity index (χ4v) is 2.70. The third kappa shape index (κ3) is 2.53. The smallest absolute Gasteiger partial charge is 0.121 e. The summed E-state index contributed by atoms with van der Waals surface area (Å²) in [7, 11) is 0. The molecule has 3 rings (SSSR count). The Morgan fingerprint density at radius 3 is 3.05 bits per heavy atom. The van der Waals surface area contributed by atoms with Gasteiger partial charge in [0.25, 0.3) is 0 Å². The van der Waals surface area contributed by atoms with Gasteiger partial charge in [-0.2, -0.15) is 0 Å². The largest absolute Gasteiger partial charge is 0.344 e. The molecule has 0 fully saturated rings. The lowest BCUT2D eigenvalue weighted by Crippen LogP contribution is -2.19. The highest BCUT2D eigenvalue weighted by Gasteiger charge is 2.22. The van der Waals surface area contributed by atoms with E-state index in [1.165, 1.54) is 16.8 Å². The molecular formula is C15H18ClN3. The van der Waals surface area contributed by atoms with Gasteiger partial charge in [-0.25, -0.2) is 4.98 Å². The molecule has 1 aromatic carbocycles. The van der Waals surface area contributed by atoms with Crippen LogP contribution in [0, 0.1) is 5.92 Å². The summed E-state index contributed by atoms with van der Waals surface area (Å²) in [6.45, 7) is 6.22. The van der Waals surface area contributed by atoms with E-state index in [1.54, 1.807) is 0 Å². The first-order chi connectivity index (χ1) is 9.13. The molecule has 0 unspecified atom stereocenters. The van der Waals surface area contributed by atoms with E-state index in [4.69, 9.17) is 16.6 Å². The van der Waals surface area contributed by atoms with Crippen LogP contribution in [-0.4, -0.2) is 16.5 Å². The number of aromatic amines is 1. The molecule has 4 heteroatoms. The van der Waals surface area contributed by atoms with E-state index in [9.17, 15) is 0 Å². The summed E-state index contributed by atoms with van der Waals surface area (Å²) in [6.07, 6.45) is 0.905. The van der Waals surface area contributed by atoms with Crippen molar-refractivity contribution in [1.29, 1.82) is 0 Å². The average Bonchev–Trinajstić information content (AvgIpc) is 2.84. The number of fused-ring (bicyclic) bond motifs is 3. The summed E-state index contributed by atoms with van der Waals surface area (Å²) in [4.78, 5) is 8.11. The first-order valence-corrected chi connectivity index (χ1v) is 7.08. The van der Waals surface area contributed by atoms with E-state index < -0.39 is 0 Å². The number of nitrogens with one attached hydrogen (secondary N) is 2. The number of hydrogen-bond donors (Lipinski definition) is 2. The van der Waals surface area contributed by atoms with Crippen molar-refractivity contribution in [2.75, 3.05) is 6.54 Å². The Morgan fingerprint density at radius 1 is 1.42 bits per heavy atom. The third-order valence-corrected chi connectivity index (χ3v) is 3.60. The standard InChI is InChI=1S/C15H18ClN3/c1-9(2)7-17-8-14-18-13-6-10-5-11(16)3-4-12(10)15(13)19-14/h3-5,9,17H,6-8H2,1-2H3,(H,18,19). The number of imidazole rings is 1. The number of rotatable bonds is 4. The summed E-state index contributed by atoms with van der Waals surface area (Å²) in [5.41, 5.74) is 4.78. The van der Waals surface area contributed by atoms with Gasteiger partial charge in [0.15, 0.2) is 0 Å². The Balaban J connectivity index is 1.78. The molecule has 0 bridgehead atoms. The lowest BCUT2D eigenvalue weighted by atomic mass is 10.1. The molecule has 0 amide bonds. The molecular weight excluding hydrogens is 258 g/mol. The zero-order valence-corrected chi connectivity index (χ0v) is 12.0. The number of H-pyrrole nitrogens is 1. The maximum atomic E-state index is 6.02. The van der Waals surface area contributed by atoms with E-state index in [2.05, 4.69) is 30.2 Å². The molecule has 3 nitrogen and oxygen atoms in total. The van der Waals surface area contributed by atoms with Gasteiger partial charge in [-0.15, -0.1) is 0 Å². The molecule has 0 saturated heterocycles. The number of benzene rings is 1. The summed E-state index contributed by atoms with van der Waals surface area (Å²) < 4.78 is 0. The lowest BCUT2D eigenvalue weighted by molar-refractivity contribution is 0.544. The first kappa shape index (κ1) is 12.7. The van der Waals surface area contributed by atoms with Crippen molar-refractivity contribution in [3.8, 4) is 11.3 Å². The van der Waals surface area contributed by atoms with Crippen LogP contribution >= 0.6 is 11.6 Å². The molecule has 0 spiro atoms. The van der Waals surface area contributed by atoms with Crippen molar-refractivity contribution in [3.63, 3.8) is 0 Å². The Hall–Kier alpha value is -1.32. The topological polar surface area (TPSA) is 40.7 Å². The van der Waals surface area contributed by atoms with Gasteiger partial charge >= 0.3 is 0 Å². The predicted octanol–water partition coefficient (Wildman–Crippen LogP) is 3.38. The highest BCUT2D eigenvalue weighted by molar-refractivity contribution is 6.30. The maximum Gasteiger partial charge on any atom is 0.121 e. The summed E-state index contributed by atoms with van der Waals surface area (Å²) in [5, 5.41) is 4.20. The Labute approximate surface area is 118 Å². The van der Waals surface area contributed by atoms with Crippen LogP contribution in [0.15, 0.2) is 18.2 Å². The number of hydrogen-bond acceptors (Lipinski definition) is 2. The van der Waals surface area contributed by atoms with Gasteiger partial charge < -0.3 is 10.3 Å². The molecule has 0 saturated carbocycles. The fraction of sp³-hybridized carbons (Fsp3) is 0.400. The molecule has 2 N–H and O–H groups in total. The van der Waals surface area contributed by atoms with Gasteiger partial charge in [0.05, 0.1) is 12.2 Å². The van der Waals surface area contributed by atoms with Crippen molar-refractivity contribution in [3.05, 3.63) is 40.3 Å². The molecule has 19 heavy (non-hydrogen) atoms. The minimum atomic E-state index is 0.657. The van der Waals surface area contributed by atoms with E-state index in [0.29, 0.717) is 5.92 Å². The van der Waals surface area contributed by atoms with E-state index in [1.807, 2.05) is 12.1 Å². The highest BCUT2D eigenvalue weighted by Crippen LogP contribution is 2.36. The second kappa shape index (κ2) is 4.99. The van der Waals surface area contributed by atoms with Crippen LogP contribution in [0.3, 0.4) is 0 Å². The Kier molecular flexibility index (Phi) is 3.33. The van der Waals surface area contributed by atoms with Gasteiger partial charge in [0.2, 0.25) is 0 Å². The second-order valence-electron chi connectivity index (χ2n) is 5.51. The van der Waals surface area contributed by atoms with Gasteiger partial charge in [-0.05, 0) is 30.2 Å². The van der Waals surface area contributed by atoms with E-state index in [-0.39, 0.29) is 0 Å². The quantitative estimate of drug-likeness (QED) is 0.766. The fourth-order valence-electron chi connectivity index (χ4n) is 2.51. The minimum Gasteiger partial charge on any atom is -0.344 e. The molecule has 0 atom stereocenters. The van der Waals surface area contributed by atoms with Crippen molar-refractivity contribution in [2.45, 2.75) is 26.8 Å². The lowest BCUT2D eigenvalue weighted by Gasteiger charge is -2.05. The van der Waals surface area contributed by atoms with Crippen LogP contribution in [0.5, 0.6) is 0 Å². The zero-order chi connectivity index (χ0) is 13.4. The van der Waals surface area contributed by atoms with Crippen molar-refractivity contribution in [2.24, 2.45) is 5.92 Å². The predicted molar refractivity (Wildman–Crippen MR) is 78.4 cm³/mol. The SMILES string of the molecule is CC(C)CNCc1nc2c([nH]1)Cc1cc(Cl)ccc1-2. The summed E-state index contributed by atoms with van der Waals surface area (Å²) in [6, 6.07) is 6.03. The number of nitrogens with zero attached hydrogens (tertiary/aromatic N) is 1. The summed E-state index contributed by atoms with van der Waals surface area (Å²) >= 11 is 6.02.